The Bertz CT molecular complexity index is 392. The van der Waals surface area contributed by atoms with Gasteiger partial charge in [-0.3, -0.25) is 4.79 Å². The fraction of sp³-hybridized carbons (Fsp3) is 0.692. The van der Waals surface area contributed by atoms with Crippen molar-refractivity contribution in [1.82, 2.24) is 9.55 Å². The first-order valence-electron chi connectivity index (χ1n) is 6.41. The third-order valence-electron chi connectivity index (χ3n) is 3.66. The van der Waals surface area contributed by atoms with Crippen molar-refractivity contribution in [3.63, 3.8) is 0 Å². The van der Waals surface area contributed by atoms with Crippen molar-refractivity contribution in [2.45, 2.75) is 57.6 Å². The van der Waals surface area contributed by atoms with Crippen LogP contribution in [0.15, 0.2) is 12.4 Å². The van der Waals surface area contributed by atoms with E-state index in [9.17, 15) is 9.90 Å². The number of ketones is 1. The van der Waals surface area contributed by atoms with E-state index in [-0.39, 0.29) is 12.2 Å². The molecule has 0 unspecified atom stereocenters. The van der Waals surface area contributed by atoms with Gasteiger partial charge in [-0.25, -0.2) is 4.98 Å². The molecule has 0 saturated heterocycles. The van der Waals surface area contributed by atoms with Crippen LogP contribution in [0.1, 0.15) is 44.9 Å². The van der Waals surface area contributed by atoms with E-state index in [1.165, 1.54) is 0 Å². The summed E-state index contributed by atoms with van der Waals surface area (Å²) in [7, 11) is 0. The monoisotopic (exact) mass is 236 g/mol. The number of Topliss-reactive ketones (excluding diaryl/α,β-unsaturated/α-hetero) is 1. The molecule has 0 atom stereocenters. The Morgan fingerprint density at radius 2 is 2.18 bits per heavy atom. The van der Waals surface area contributed by atoms with Crippen LogP contribution in [-0.2, 0) is 17.8 Å². The van der Waals surface area contributed by atoms with E-state index in [0.717, 1.165) is 31.6 Å². The predicted octanol–water partition coefficient (Wildman–Crippen LogP) is 1.71. The van der Waals surface area contributed by atoms with Crippen molar-refractivity contribution in [3.05, 3.63) is 18.2 Å². The molecule has 94 valence electrons. The molecule has 1 aromatic rings. The number of aryl methyl sites for hydroxylation is 1. The number of hydrogen-bond donors (Lipinski definition) is 1. The number of rotatable bonds is 4. The number of carbonyl (C=O) groups is 1. The molecule has 4 nitrogen and oxygen atoms in total. The van der Waals surface area contributed by atoms with Crippen LogP contribution in [0.25, 0.3) is 0 Å². The average Bonchev–Trinajstić information content (AvgIpc) is 2.77. The number of carbonyl (C=O) groups excluding carboxylic acids is 1. The molecule has 1 aromatic heterocycles. The lowest BCUT2D eigenvalue weighted by molar-refractivity contribution is -0.140. The van der Waals surface area contributed by atoms with Crippen LogP contribution in [0.5, 0.6) is 0 Å². The van der Waals surface area contributed by atoms with Gasteiger partial charge in [-0.05, 0) is 19.8 Å². The summed E-state index contributed by atoms with van der Waals surface area (Å²) in [6.07, 6.45) is 8.06. The van der Waals surface area contributed by atoms with Gasteiger partial charge in [0.15, 0.2) is 5.78 Å². The van der Waals surface area contributed by atoms with Gasteiger partial charge >= 0.3 is 0 Å². The molecule has 0 spiro atoms. The predicted molar refractivity (Wildman–Crippen MR) is 64.6 cm³/mol. The highest BCUT2D eigenvalue weighted by Crippen LogP contribution is 2.29. The Hall–Kier alpha value is -1.16. The van der Waals surface area contributed by atoms with Crippen molar-refractivity contribution >= 4 is 5.78 Å². The summed E-state index contributed by atoms with van der Waals surface area (Å²) in [4.78, 5) is 16.3. The zero-order valence-electron chi connectivity index (χ0n) is 10.4. The van der Waals surface area contributed by atoms with Crippen LogP contribution in [0.2, 0.25) is 0 Å². The lowest BCUT2D eigenvalue weighted by Gasteiger charge is -2.30. The second-order valence-electron chi connectivity index (χ2n) is 4.82. The van der Waals surface area contributed by atoms with E-state index >= 15 is 0 Å². The maximum Gasteiger partial charge on any atom is 0.171 e. The zero-order valence-corrected chi connectivity index (χ0v) is 10.4. The first-order chi connectivity index (χ1) is 8.15. The van der Waals surface area contributed by atoms with Crippen LogP contribution in [0.3, 0.4) is 0 Å². The fourth-order valence-corrected chi connectivity index (χ4v) is 2.52. The SMILES string of the molecule is CCn1ccnc1CC(=O)C1(O)CCCCC1. The highest BCUT2D eigenvalue weighted by molar-refractivity contribution is 5.88. The largest absolute Gasteiger partial charge is 0.382 e. The third-order valence-corrected chi connectivity index (χ3v) is 3.66. The van der Waals surface area contributed by atoms with E-state index in [1.54, 1.807) is 6.20 Å². The minimum absolute atomic E-state index is 0.0712. The molecule has 1 saturated carbocycles. The second-order valence-corrected chi connectivity index (χ2v) is 4.82. The minimum Gasteiger partial charge on any atom is -0.382 e. The van der Waals surface area contributed by atoms with Crippen LogP contribution in [-0.4, -0.2) is 26.0 Å². The van der Waals surface area contributed by atoms with Gasteiger partial charge in [0, 0.05) is 18.9 Å². The molecule has 1 aliphatic carbocycles. The van der Waals surface area contributed by atoms with Crippen LogP contribution < -0.4 is 0 Å². The van der Waals surface area contributed by atoms with Gasteiger partial charge in [0.05, 0.1) is 6.42 Å². The summed E-state index contributed by atoms with van der Waals surface area (Å²) in [6, 6.07) is 0. The number of aliphatic hydroxyl groups is 1. The summed E-state index contributed by atoms with van der Waals surface area (Å²) >= 11 is 0. The zero-order chi connectivity index (χ0) is 12.3. The topological polar surface area (TPSA) is 55.1 Å². The summed E-state index contributed by atoms with van der Waals surface area (Å²) in [5.41, 5.74) is -1.09. The number of aromatic nitrogens is 2. The summed E-state index contributed by atoms with van der Waals surface area (Å²) in [6.45, 7) is 2.83. The van der Waals surface area contributed by atoms with Crippen LogP contribution in [0.4, 0.5) is 0 Å². The second kappa shape index (κ2) is 5.00. The Kier molecular flexibility index (Phi) is 3.62. The van der Waals surface area contributed by atoms with Gasteiger partial charge in [0.2, 0.25) is 0 Å². The smallest absolute Gasteiger partial charge is 0.171 e. The molecule has 1 N–H and O–H groups in total. The Morgan fingerprint density at radius 1 is 1.47 bits per heavy atom. The molecular weight excluding hydrogens is 216 g/mol. The molecular formula is C13H20N2O2. The molecule has 0 amide bonds. The Balaban J connectivity index is 2.05. The highest BCUT2D eigenvalue weighted by Gasteiger charge is 2.36. The van der Waals surface area contributed by atoms with Gasteiger partial charge in [-0.15, -0.1) is 0 Å². The molecule has 2 rings (SSSR count). The quantitative estimate of drug-likeness (QED) is 0.865. The molecule has 1 aliphatic rings. The average molecular weight is 236 g/mol. The van der Waals surface area contributed by atoms with Crippen molar-refractivity contribution in [2.24, 2.45) is 0 Å². The Morgan fingerprint density at radius 3 is 2.82 bits per heavy atom. The number of hydrogen-bond acceptors (Lipinski definition) is 3. The Labute approximate surface area is 102 Å². The van der Waals surface area contributed by atoms with E-state index in [4.69, 9.17) is 0 Å². The molecule has 0 aliphatic heterocycles. The maximum atomic E-state index is 12.2. The minimum atomic E-state index is -1.09. The summed E-state index contributed by atoms with van der Waals surface area (Å²) < 4.78 is 1.95. The summed E-state index contributed by atoms with van der Waals surface area (Å²) in [5, 5.41) is 10.3. The standard InChI is InChI=1S/C13H20N2O2/c1-2-15-9-8-14-12(15)10-11(16)13(17)6-4-3-5-7-13/h8-9,17H,2-7,10H2,1H3. The maximum absolute atomic E-state index is 12.2. The molecule has 4 heteroatoms. The molecule has 0 aromatic carbocycles. The van der Waals surface area contributed by atoms with Crippen molar-refractivity contribution in [1.29, 1.82) is 0 Å². The lowest BCUT2D eigenvalue weighted by Crippen LogP contribution is -2.41. The van der Waals surface area contributed by atoms with Crippen molar-refractivity contribution in [2.75, 3.05) is 0 Å². The molecule has 0 bridgehead atoms. The fourth-order valence-electron chi connectivity index (χ4n) is 2.52. The number of nitrogens with zero attached hydrogens (tertiary/aromatic N) is 2. The van der Waals surface area contributed by atoms with Gasteiger partial charge < -0.3 is 9.67 Å². The molecule has 17 heavy (non-hydrogen) atoms. The molecule has 0 radical (unpaired) electrons. The molecule has 1 heterocycles. The van der Waals surface area contributed by atoms with Gasteiger partial charge in [-0.1, -0.05) is 19.3 Å². The van der Waals surface area contributed by atoms with Crippen LogP contribution in [0, 0.1) is 0 Å². The molecule has 1 fully saturated rings. The number of imidazole rings is 1. The van der Waals surface area contributed by atoms with Gasteiger partial charge in [0.25, 0.3) is 0 Å². The first kappa shape index (κ1) is 12.3. The lowest BCUT2D eigenvalue weighted by atomic mass is 9.81. The third kappa shape index (κ3) is 2.57. The van der Waals surface area contributed by atoms with Crippen molar-refractivity contribution in [3.8, 4) is 0 Å². The normalized spacial score (nSPS) is 19.2. The van der Waals surface area contributed by atoms with Crippen LogP contribution >= 0.6 is 0 Å². The van der Waals surface area contributed by atoms with Crippen molar-refractivity contribution < 1.29 is 9.90 Å². The van der Waals surface area contributed by atoms with E-state index in [0.29, 0.717) is 12.8 Å². The van der Waals surface area contributed by atoms with Gasteiger partial charge in [-0.2, -0.15) is 0 Å². The van der Waals surface area contributed by atoms with E-state index < -0.39 is 5.60 Å². The van der Waals surface area contributed by atoms with E-state index in [1.807, 2.05) is 17.7 Å². The summed E-state index contributed by atoms with van der Waals surface area (Å²) in [5.74, 6) is 0.689. The highest BCUT2D eigenvalue weighted by atomic mass is 16.3. The first-order valence-corrected chi connectivity index (χ1v) is 6.41. The van der Waals surface area contributed by atoms with Gasteiger partial charge in [0.1, 0.15) is 11.4 Å². The van der Waals surface area contributed by atoms with E-state index in [2.05, 4.69) is 4.98 Å².